The van der Waals surface area contributed by atoms with E-state index in [1.54, 1.807) is 30.3 Å². The molecule has 0 aliphatic rings. The Labute approximate surface area is 196 Å². The molecule has 0 bridgehead atoms. The molecule has 9 heteroatoms. The Hall–Kier alpha value is -3.66. The van der Waals surface area contributed by atoms with E-state index in [1.807, 2.05) is 20.8 Å². The van der Waals surface area contributed by atoms with Crippen molar-refractivity contribution in [3.63, 3.8) is 0 Å². The van der Waals surface area contributed by atoms with Gasteiger partial charge in [0.05, 0.1) is 23.0 Å². The van der Waals surface area contributed by atoms with E-state index >= 15 is 0 Å². The molecule has 0 aliphatic heterocycles. The number of anilines is 1. The van der Waals surface area contributed by atoms with Crippen LogP contribution in [-0.4, -0.2) is 39.1 Å². The van der Waals surface area contributed by atoms with Gasteiger partial charge in [-0.25, -0.2) is 9.18 Å². The molecule has 1 heterocycles. The molecule has 1 atom stereocenters. The zero-order valence-corrected chi connectivity index (χ0v) is 19.0. The number of aromatic nitrogens is 1. The van der Waals surface area contributed by atoms with E-state index in [9.17, 15) is 24.2 Å². The summed E-state index contributed by atoms with van der Waals surface area (Å²) in [6, 6.07) is 12.5. The summed E-state index contributed by atoms with van der Waals surface area (Å²) in [5, 5.41) is 24.7. The molecule has 0 fully saturated rings. The molecule has 0 spiro atoms. The summed E-state index contributed by atoms with van der Waals surface area (Å²) in [6.45, 7) is 5.64. The Morgan fingerprint density at radius 2 is 1.76 bits per heavy atom. The third-order valence-corrected chi connectivity index (χ3v) is 4.77. The van der Waals surface area contributed by atoms with Gasteiger partial charge in [0.1, 0.15) is 0 Å². The number of hydrogen-bond donors (Lipinski definition) is 4. The van der Waals surface area contributed by atoms with Crippen LogP contribution in [0.15, 0.2) is 60.9 Å². The number of rotatable bonds is 8. The Balaban J connectivity index is 1.91. The van der Waals surface area contributed by atoms with Crippen LogP contribution in [0, 0.1) is 5.82 Å². The van der Waals surface area contributed by atoms with Gasteiger partial charge in [-0.2, -0.15) is 0 Å². The molecule has 4 N–H and O–H groups in total. The number of ether oxygens (including phenoxy) is 1. The van der Waals surface area contributed by atoms with Gasteiger partial charge in [0.2, 0.25) is 6.41 Å². The molecular formula is C25H26FN3O5. The molecule has 178 valence electrons. The van der Waals surface area contributed by atoms with E-state index in [0.29, 0.717) is 11.1 Å². The Kier molecular flexibility index (Phi) is 7.72. The SMILES string of the molecule is CC(C)(C)OC(O)NCc1ccc(C(=O)Nc2ccncc2F)cc1-c1ccc(C(=O)O)cc1. The molecule has 0 radical (unpaired) electrons. The van der Waals surface area contributed by atoms with Crippen molar-refractivity contribution in [2.75, 3.05) is 5.32 Å². The second kappa shape index (κ2) is 10.5. The Bertz CT molecular complexity index is 1180. The van der Waals surface area contributed by atoms with E-state index in [1.165, 1.54) is 24.4 Å². The summed E-state index contributed by atoms with van der Waals surface area (Å²) in [5.41, 5.74) is 1.86. The Morgan fingerprint density at radius 3 is 2.38 bits per heavy atom. The van der Waals surface area contributed by atoms with Crippen molar-refractivity contribution in [1.29, 1.82) is 0 Å². The number of aliphatic hydroxyl groups is 1. The number of carboxylic acid groups (broad SMARTS) is 1. The van der Waals surface area contributed by atoms with Gasteiger partial charge in [0.15, 0.2) is 5.82 Å². The molecule has 0 saturated heterocycles. The van der Waals surface area contributed by atoms with Crippen LogP contribution in [-0.2, 0) is 11.3 Å². The van der Waals surface area contributed by atoms with Crippen LogP contribution in [0.2, 0.25) is 0 Å². The highest BCUT2D eigenvalue weighted by Crippen LogP contribution is 2.27. The van der Waals surface area contributed by atoms with Crippen LogP contribution < -0.4 is 10.6 Å². The number of aliphatic hydroxyl groups excluding tert-OH is 1. The maximum absolute atomic E-state index is 13.9. The van der Waals surface area contributed by atoms with Crippen molar-refractivity contribution in [3.05, 3.63) is 83.4 Å². The molecule has 1 amide bonds. The summed E-state index contributed by atoms with van der Waals surface area (Å²) < 4.78 is 19.4. The minimum atomic E-state index is -1.22. The summed E-state index contributed by atoms with van der Waals surface area (Å²) in [5.74, 6) is -2.23. The van der Waals surface area contributed by atoms with Crippen molar-refractivity contribution >= 4 is 17.6 Å². The lowest BCUT2D eigenvalue weighted by atomic mass is 9.96. The number of carboxylic acids is 1. The molecule has 8 nitrogen and oxygen atoms in total. The van der Waals surface area contributed by atoms with Gasteiger partial charge in [-0.3, -0.25) is 15.1 Å². The average molecular weight is 467 g/mol. The van der Waals surface area contributed by atoms with Gasteiger partial charge < -0.3 is 20.3 Å². The number of carbonyl (C=O) groups excluding carboxylic acids is 1. The predicted octanol–water partition coefficient (Wildman–Crippen LogP) is 4.02. The standard InChI is InChI=1S/C25H26FN3O5/c1-25(2,3)34-24(33)28-13-18-9-8-17(22(30)29-21-10-11-27-14-20(21)26)12-19(18)15-4-6-16(7-5-15)23(31)32/h4-12,14,24,28,33H,13H2,1-3H3,(H,31,32)(H,27,29,30). The smallest absolute Gasteiger partial charge is 0.335 e. The highest BCUT2D eigenvalue weighted by atomic mass is 19.1. The van der Waals surface area contributed by atoms with E-state index in [0.717, 1.165) is 11.8 Å². The molecule has 0 aliphatic carbocycles. The maximum Gasteiger partial charge on any atom is 0.335 e. The number of aromatic carboxylic acids is 1. The topological polar surface area (TPSA) is 121 Å². The first-order valence-corrected chi connectivity index (χ1v) is 10.5. The largest absolute Gasteiger partial charge is 0.478 e. The molecule has 1 aromatic heterocycles. The van der Waals surface area contributed by atoms with Crippen LogP contribution in [0.25, 0.3) is 11.1 Å². The number of halogens is 1. The first-order chi connectivity index (χ1) is 16.0. The van der Waals surface area contributed by atoms with Gasteiger partial charge in [-0.05, 0) is 67.8 Å². The molecule has 2 aromatic carbocycles. The molecule has 3 rings (SSSR count). The fourth-order valence-electron chi connectivity index (χ4n) is 3.18. The van der Waals surface area contributed by atoms with Crippen LogP contribution in [0.4, 0.5) is 10.1 Å². The van der Waals surface area contributed by atoms with E-state index in [4.69, 9.17) is 4.74 Å². The van der Waals surface area contributed by atoms with Gasteiger partial charge in [0, 0.05) is 18.3 Å². The van der Waals surface area contributed by atoms with Gasteiger partial charge >= 0.3 is 5.97 Å². The van der Waals surface area contributed by atoms with Gasteiger partial charge in [0.25, 0.3) is 5.91 Å². The second-order valence-electron chi connectivity index (χ2n) is 8.53. The van der Waals surface area contributed by atoms with Crippen molar-refractivity contribution in [2.45, 2.75) is 39.3 Å². The maximum atomic E-state index is 13.9. The Morgan fingerprint density at radius 1 is 1.09 bits per heavy atom. The first-order valence-electron chi connectivity index (χ1n) is 10.5. The van der Waals surface area contributed by atoms with Crippen LogP contribution in [0.1, 0.15) is 47.1 Å². The number of hydrogen-bond acceptors (Lipinski definition) is 6. The first kappa shape index (κ1) is 25.0. The third kappa shape index (κ3) is 6.67. The summed E-state index contributed by atoms with van der Waals surface area (Å²) >= 11 is 0. The number of carbonyl (C=O) groups is 2. The summed E-state index contributed by atoms with van der Waals surface area (Å²) in [6.07, 6.45) is 1.15. The van der Waals surface area contributed by atoms with Crippen molar-refractivity contribution in [1.82, 2.24) is 10.3 Å². The zero-order chi connectivity index (χ0) is 24.9. The zero-order valence-electron chi connectivity index (χ0n) is 19.0. The molecular weight excluding hydrogens is 441 g/mol. The van der Waals surface area contributed by atoms with E-state index in [2.05, 4.69) is 15.6 Å². The lowest BCUT2D eigenvalue weighted by Crippen LogP contribution is -2.37. The quantitative estimate of drug-likeness (QED) is 0.369. The van der Waals surface area contributed by atoms with Crippen LogP contribution in [0.5, 0.6) is 0 Å². The number of benzene rings is 2. The van der Waals surface area contributed by atoms with Gasteiger partial charge in [-0.15, -0.1) is 0 Å². The van der Waals surface area contributed by atoms with Crippen molar-refractivity contribution < 1.29 is 28.9 Å². The van der Waals surface area contributed by atoms with E-state index in [-0.39, 0.29) is 23.4 Å². The van der Waals surface area contributed by atoms with Crippen LogP contribution >= 0.6 is 0 Å². The fourth-order valence-corrected chi connectivity index (χ4v) is 3.18. The van der Waals surface area contributed by atoms with E-state index < -0.39 is 29.7 Å². The van der Waals surface area contributed by atoms with Crippen molar-refractivity contribution in [2.24, 2.45) is 0 Å². The fraction of sp³-hybridized carbons (Fsp3) is 0.240. The predicted molar refractivity (Wildman–Crippen MR) is 125 cm³/mol. The number of nitrogens with one attached hydrogen (secondary N) is 2. The molecule has 1 unspecified atom stereocenters. The summed E-state index contributed by atoms with van der Waals surface area (Å²) in [7, 11) is 0. The van der Waals surface area contributed by atoms with Crippen LogP contribution in [0.3, 0.4) is 0 Å². The second-order valence-corrected chi connectivity index (χ2v) is 8.53. The lowest BCUT2D eigenvalue weighted by Gasteiger charge is -2.25. The minimum absolute atomic E-state index is 0.000514. The monoisotopic (exact) mass is 467 g/mol. The molecule has 34 heavy (non-hydrogen) atoms. The van der Waals surface area contributed by atoms with Gasteiger partial charge in [-0.1, -0.05) is 18.2 Å². The molecule has 0 saturated carbocycles. The molecule has 3 aromatic rings. The summed E-state index contributed by atoms with van der Waals surface area (Å²) in [4.78, 5) is 27.6. The number of amides is 1. The number of nitrogens with zero attached hydrogens (tertiary/aromatic N) is 1. The third-order valence-electron chi connectivity index (χ3n) is 4.77. The lowest BCUT2D eigenvalue weighted by molar-refractivity contribution is -0.182. The normalized spacial score (nSPS) is 12.3. The highest BCUT2D eigenvalue weighted by Gasteiger charge is 2.18. The highest BCUT2D eigenvalue weighted by molar-refractivity contribution is 6.05. The van der Waals surface area contributed by atoms with Crippen molar-refractivity contribution in [3.8, 4) is 11.1 Å². The average Bonchev–Trinajstić information content (AvgIpc) is 2.78. The number of pyridine rings is 1. The minimum Gasteiger partial charge on any atom is -0.478 e.